The van der Waals surface area contributed by atoms with Crippen LogP contribution in [0.5, 0.6) is 0 Å². The molecule has 0 atom stereocenters. The van der Waals surface area contributed by atoms with Crippen molar-refractivity contribution in [2.45, 2.75) is 84.5 Å². The highest BCUT2D eigenvalue weighted by molar-refractivity contribution is 5.75. The molecule has 0 aliphatic carbocycles. The second-order valence-corrected chi connectivity index (χ2v) is 6.23. The number of rotatable bonds is 15. The van der Waals surface area contributed by atoms with Crippen molar-refractivity contribution in [1.29, 1.82) is 0 Å². The van der Waals surface area contributed by atoms with Gasteiger partial charge in [0.25, 0.3) is 0 Å². The Morgan fingerprint density at radius 1 is 0.810 bits per heavy atom. The number of nitrogens with one attached hydrogen (secondary N) is 1. The summed E-state index contributed by atoms with van der Waals surface area (Å²) in [5.41, 5.74) is 0. The monoisotopic (exact) mass is 298 g/mol. The first kappa shape index (κ1) is 20.4. The molecule has 0 saturated heterocycles. The van der Waals surface area contributed by atoms with Crippen LogP contribution in [0.2, 0.25) is 0 Å². The lowest BCUT2D eigenvalue weighted by Crippen LogP contribution is -2.29. The molecule has 0 unspecified atom stereocenters. The van der Waals surface area contributed by atoms with Crippen LogP contribution in [0.15, 0.2) is 0 Å². The summed E-state index contributed by atoms with van der Waals surface area (Å²) >= 11 is 0. The van der Waals surface area contributed by atoms with E-state index in [9.17, 15) is 4.79 Å². The van der Waals surface area contributed by atoms with E-state index in [0.29, 0.717) is 6.42 Å². The van der Waals surface area contributed by atoms with Crippen molar-refractivity contribution in [3.8, 4) is 0 Å². The Morgan fingerprint density at radius 2 is 1.38 bits per heavy atom. The standard InChI is InChI=1S/C18H38N2O/c1-4-6-8-9-10-11-12-13-15-19-18(21)14-17-20(3)16-7-5-2/h4-17H2,1-3H3,(H,19,21). The molecule has 21 heavy (non-hydrogen) atoms. The zero-order valence-corrected chi connectivity index (χ0v) is 14.8. The van der Waals surface area contributed by atoms with Crippen molar-refractivity contribution in [3.05, 3.63) is 0 Å². The van der Waals surface area contributed by atoms with Gasteiger partial charge in [0.1, 0.15) is 0 Å². The van der Waals surface area contributed by atoms with Gasteiger partial charge in [-0.25, -0.2) is 0 Å². The number of nitrogens with zero attached hydrogens (tertiary/aromatic N) is 1. The van der Waals surface area contributed by atoms with Crippen molar-refractivity contribution >= 4 is 5.91 Å². The van der Waals surface area contributed by atoms with Gasteiger partial charge in [-0.3, -0.25) is 4.79 Å². The summed E-state index contributed by atoms with van der Waals surface area (Å²) in [4.78, 5) is 13.9. The highest BCUT2D eigenvalue weighted by Gasteiger charge is 2.03. The maximum atomic E-state index is 11.7. The Morgan fingerprint density at radius 3 is 2.00 bits per heavy atom. The van der Waals surface area contributed by atoms with Crippen LogP contribution in [0.4, 0.5) is 0 Å². The SMILES string of the molecule is CCCCCCCCCCNC(=O)CCN(C)CCCC. The van der Waals surface area contributed by atoms with Crippen LogP contribution in [0, 0.1) is 0 Å². The highest BCUT2D eigenvalue weighted by Crippen LogP contribution is 2.07. The molecule has 0 aromatic rings. The van der Waals surface area contributed by atoms with E-state index < -0.39 is 0 Å². The molecule has 0 bridgehead atoms. The third-order valence-corrected chi connectivity index (χ3v) is 3.97. The molecule has 0 rings (SSSR count). The minimum atomic E-state index is 0.210. The van der Waals surface area contributed by atoms with Crippen LogP contribution in [0.3, 0.4) is 0 Å². The van der Waals surface area contributed by atoms with Gasteiger partial charge in [0.05, 0.1) is 0 Å². The Bertz CT molecular complexity index is 231. The summed E-state index contributed by atoms with van der Waals surface area (Å²) < 4.78 is 0. The molecule has 3 nitrogen and oxygen atoms in total. The van der Waals surface area contributed by atoms with Gasteiger partial charge in [0, 0.05) is 19.5 Å². The van der Waals surface area contributed by atoms with Gasteiger partial charge in [0.15, 0.2) is 0 Å². The minimum Gasteiger partial charge on any atom is -0.356 e. The summed E-state index contributed by atoms with van der Waals surface area (Å²) in [6, 6.07) is 0. The molecule has 126 valence electrons. The molecule has 3 heteroatoms. The first-order chi connectivity index (χ1) is 10.2. The molecule has 0 saturated carbocycles. The average Bonchev–Trinajstić information content (AvgIpc) is 2.49. The first-order valence-corrected chi connectivity index (χ1v) is 9.16. The Hall–Kier alpha value is -0.570. The first-order valence-electron chi connectivity index (χ1n) is 9.16. The van der Waals surface area contributed by atoms with Crippen molar-refractivity contribution in [2.24, 2.45) is 0 Å². The predicted molar refractivity (Wildman–Crippen MR) is 92.6 cm³/mol. The van der Waals surface area contributed by atoms with Gasteiger partial charge < -0.3 is 10.2 Å². The topological polar surface area (TPSA) is 32.3 Å². The van der Waals surface area contributed by atoms with E-state index in [1.165, 1.54) is 57.8 Å². The predicted octanol–water partition coefficient (Wildman–Crippen LogP) is 4.37. The van der Waals surface area contributed by atoms with Crippen LogP contribution >= 0.6 is 0 Å². The van der Waals surface area contributed by atoms with Gasteiger partial charge in [-0.2, -0.15) is 0 Å². The number of hydrogen-bond acceptors (Lipinski definition) is 2. The fraction of sp³-hybridized carbons (Fsp3) is 0.944. The summed E-state index contributed by atoms with van der Waals surface area (Å²) in [6.07, 6.45) is 13.6. The van der Waals surface area contributed by atoms with Gasteiger partial charge in [0.2, 0.25) is 5.91 Å². The third-order valence-electron chi connectivity index (χ3n) is 3.97. The Balaban J connectivity index is 3.26. The number of carbonyl (C=O) groups excluding carboxylic acids is 1. The third kappa shape index (κ3) is 15.6. The summed E-state index contributed by atoms with van der Waals surface area (Å²) in [6.45, 7) is 7.28. The molecular formula is C18H38N2O. The molecule has 0 spiro atoms. The lowest BCUT2D eigenvalue weighted by molar-refractivity contribution is -0.121. The largest absolute Gasteiger partial charge is 0.356 e. The van der Waals surface area contributed by atoms with Crippen molar-refractivity contribution in [3.63, 3.8) is 0 Å². The van der Waals surface area contributed by atoms with Crippen LogP contribution in [-0.2, 0) is 4.79 Å². The molecule has 0 radical (unpaired) electrons. The maximum Gasteiger partial charge on any atom is 0.221 e. The fourth-order valence-corrected chi connectivity index (χ4v) is 2.41. The minimum absolute atomic E-state index is 0.210. The van der Waals surface area contributed by atoms with E-state index in [1.54, 1.807) is 0 Å². The normalized spacial score (nSPS) is 11.0. The van der Waals surface area contributed by atoms with Crippen LogP contribution in [0.25, 0.3) is 0 Å². The van der Waals surface area contributed by atoms with Crippen LogP contribution in [-0.4, -0.2) is 37.5 Å². The van der Waals surface area contributed by atoms with Gasteiger partial charge in [-0.05, 0) is 26.4 Å². The molecule has 0 aromatic heterocycles. The van der Waals surface area contributed by atoms with E-state index in [-0.39, 0.29) is 5.91 Å². The van der Waals surface area contributed by atoms with E-state index in [2.05, 4.69) is 31.1 Å². The van der Waals surface area contributed by atoms with E-state index >= 15 is 0 Å². The van der Waals surface area contributed by atoms with Gasteiger partial charge in [-0.15, -0.1) is 0 Å². The Labute approximate surface area is 132 Å². The van der Waals surface area contributed by atoms with E-state index in [0.717, 1.165) is 26.1 Å². The summed E-state index contributed by atoms with van der Waals surface area (Å²) in [5, 5.41) is 3.04. The van der Waals surface area contributed by atoms with Crippen molar-refractivity contribution < 1.29 is 4.79 Å². The van der Waals surface area contributed by atoms with Gasteiger partial charge in [-0.1, -0.05) is 65.2 Å². The number of carbonyl (C=O) groups is 1. The molecule has 0 heterocycles. The molecule has 0 fully saturated rings. The quantitative estimate of drug-likeness (QED) is 0.455. The molecule has 0 aromatic carbocycles. The second kappa shape index (κ2) is 15.8. The molecule has 1 amide bonds. The summed E-state index contributed by atoms with van der Waals surface area (Å²) in [7, 11) is 2.10. The van der Waals surface area contributed by atoms with Crippen LogP contribution in [0.1, 0.15) is 84.5 Å². The number of unbranched alkanes of at least 4 members (excludes halogenated alkanes) is 8. The van der Waals surface area contributed by atoms with E-state index in [4.69, 9.17) is 0 Å². The summed E-state index contributed by atoms with van der Waals surface area (Å²) in [5.74, 6) is 0.210. The molecule has 0 aliphatic rings. The molecule has 1 N–H and O–H groups in total. The maximum absolute atomic E-state index is 11.7. The zero-order chi connectivity index (χ0) is 15.8. The lowest BCUT2D eigenvalue weighted by Gasteiger charge is -2.15. The van der Waals surface area contributed by atoms with Crippen molar-refractivity contribution in [1.82, 2.24) is 10.2 Å². The molecular weight excluding hydrogens is 260 g/mol. The van der Waals surface area contributed by atoms with E-state index in [1.807, 2.05) is 0 Å². The van der Waals surface area contributed by atoms with Gasteiger partial charge >= 0.3 is 0 Å². The highest BCUT2D eigenvalue weighted by atomic mass is 16.1. The number of amides is 1. The smallest absolute Gasteiger partial charge is 0.221 e. The lowest BCUT2D eigenvalue weighted by atomic mass is 10.1. The van der Waals surface area contributed by atoms with Crippen molar-refractivity contribution in [2.75, 3.05) is 26.7 Å². The van der Waals surface area contributed by atoms with Crippen LogP contribution < -0.4 is 5.32 Å². The Kier molecular flexibility index (Phi) is 15.4. The average molecular weight is 299 g/mol. The fourth-order valence-electron chi connectivity index (χ4n) is 2.41. The number of hydrogen-bond donors (Lipinski definition) is 1. The second-order valence-electron chi connectivity index (χ2n) is 6.23. The molecule has 0 aliphatic heterocycles. The zero-order valence-electron chi connectivity index (χ0n) is 14.8.